The molecule has 0 saturated carbocycles. The van der Waals surface area contributed by atoms with Crippen LogP contribution in [-0.2, 0) is 15.6 Å². The van der Waals surface area contributed by atoms with Crippen molar-refractivity contribution in [3.63, 3.8) is 0 Å². The van der Waals surface area contributed by atoms with Crippen LogP contribution in [0.15, 0.2) is 0 Å². The van der Waals surface area contributed by atoms with Gasteiger partial charge in [0.15, 0.2) is 0 Å². The molecule has 82 valence electrons. The van der Waals surface area contributed by atoms with Gasteiger partial charge in [-0.3, -0.25) is 9.00 Å². The lowest BCUT2D eigenvalue weighted by molar-refractivity contribution is -0.118. The van der Waals surface area contributed by atoms with Gasteiger partial charge in [0.05, 0.1) is 0 Å². The monoisotopic (exact) mass is 218 g/mol. The van der Waals surface area contributed by atoms with E-state index in [-0.39, 0.29) is 16.9 Å². The summed E-state index contributed by atoms with van der Waals surface area (Å²) in [7, 11) is -1.03. The molecule has 2 N–H and O–H groups in total. The molecule has 1 fully saturated rings. The summed E-state index contributed by atoms with van der Waals surface area (Å²) in [6, 6.07) is 0. The van der Waals surface area contributed by atoms with Gasteiger partial charge in [0, 0.05) is 41.6 Å². The molecule has 1 aliphatic rings. The normalized spacial score (nSPS) is 19.1. The van der Waals surface area contributed by atoms with E-state index in [4.69, 9.17) is 0 Å². The first-order valence-corrected chi connectivity index (χ1v) is 6.32. The second-order valence-corrected chi connectivity index (χ2v) is 5.90. The molecule has 1 rings (SSSR count). The van der Waals surface area contributed by atoms with Gasteiger partial charge < -0.3 is 10.6 Å². The first-order chi connectivity index (χ1) is 6.59. The van der Waals surface area contributed by atoms with Crippen molar-refractivity contribution in [3.05, 3.63) is 0 Å². The quantitative estimate of drug-likeness (QED) is 0.653. The molecule has 4 nitrogen and oxygen atoms in total. The predicted octanol–water partition coefficient (Wildman–Crippen LogP) is -0.521. The molecule has 1 unspecified atom stereocenters. The number of hydrogen-bond donors (Lipinski definition) is 2. The molecule has 0 bridgehead atoms. The lowest BCUT2D eigenvalue weighted by Gasteiger charge is -2.27. The number of rotatable bonds is 5. The topological polar surface area (TPSA) is 58.2 Å². The third-order valence-electron chi connectivity index (χ3n) is 2.25. The molecule has 0 radical (unpaired) electrons. The van der Waals surface area contributed by atoms with Gasteiger partial charge in [-0.25, -0.2) is 0 Å². The maximum atomic E-state index is 11.3. The number of hydrogen-bond acceptors (Lipinski definition) is 3. The van der Waals surface area contributed by atoms with Crippen LogP contribution in [0.25, 0.3) is 0 Å². The van der Waals surface area contributed by atoms with E-state index in [9.17, 15) is 9.00 Å². The molecular formula is C9H18N2O2S. The van der Waals surface area contributed by atoms with Crippen LogP contribution in [0.3, 0.4) is 0 Å². The Morgan fingerprint density at radius 3 is 2.64 bits per heavy atom. The minimum atomic E-state index is -1.03. The smallest absolute Gasteiger partial charge is 0.232 e. The van der Waals surface area contributed by atoms with Crippen LogP contribution < -0.4 is 10.6 Å². The highest BCUT2D eigenvalue weighted by Crippen LogP contribution is 2.00. The zero-order chi connectivity index (χ0) is 10.6. The third kappa shape index (κ3) is 3.75. The highest BCUT2D eigenvalue weighted by Gasteiger charge is 2.18. The Balaban J connectivity index is 2.11. The van der Waals surface area contributed by atoms with Gasteiger partial charge >= 0.3 is 0 Å². The van der Waals surface area contributed by atoms with E-state index >= 15 is 0 Å². The SMILES string of the molecule is CC(C)S(=O)CC(=O)NCC1CNC1. The van der Waals surface area contributed by atoms with E-state index in [1.165, 1.54) is 0 Å². The number of nitrogens with one attached hydrogen (secondary N) is 2. The molecule has 1 amide bonds. The summed E-state index contributed by atoms with van der Waals surface area (Å²) in [6.07, 6.45) is 0. The largest absolute Gasteiger partial charge is 0.355 e. The van der Waals surface area contributed by atoms with Crippen LogP contribution in [0, 0.1) is 5.92 Å². The van der Waals surface area contributed by atoms with Crippen molar-refractivity contribution < 1.29 is 9.00 Å². The second kappa shape index (κ2) is 5.46. The van der Waals surface area contributed by atoms with E-state index in [1.807, 2.05) is 13.8 Å². The average Bonchev–Trinajstić information content (AvgIpc) is 2.00. The van der Waals surface area contributed by atoms with Crippen LogP contribution in [0.4, 0.5) is 0 Å². The van der Waals surface area contributed by atoms with Crippen molar-refractivity contribution in [3.8, 4) is 0 Å². The summed E-state index contributed by atoms with van der Waals surface area (Å²) in [5.74, 6) is 0.605. The van der Waals surface area contributed by atoms with E-state index < -0.39 is 10.8 Å². The third-order valence-corrected chi connectivity index (χ3v) is 3.85. The molecule has 14 heavy (non-hydrogen) atoms. The zero-order valence-electron chi connectivity index (χ0n) is 8.71. The first-order valence-electron chi connectivity index (χ1n) is 4.94. The van der Waals surface area contributed by atoms with E-state index in [2.05, 4.69) is 10.6 Å². The standard InChI is InChI=1S/C9H18N2O2S/c1-7(2)14(13)6-9(12)11-5-8-3-10-4-8/h7-8,10H,3-6H2,1-2H3,(H,11,12). The van der Waals surface area contributed by atoms with Crippen molar-refractivity contribution in [1.29, 1.82) is 0 Å². The summed E-state index contributed by atoms with van der Waals surface area (Å²) >= 11 is 0. The molecule has 1 aliphatic heterocycles. The number of carbonyl (C=O) groups is 1. The fourth-order valence-corrected chi connectivity index (χ4v) is 1.79. The van der Waals surface area contributed by atoms with Crippen molar-refractivity contribution in [2.75, 3.05) is 25.4 Å². The second-order valence-electron chi connectivity index (χ2n) is 3.90. The minimum Gasteiger partial charge on any atom is -0.355 e. The van der Waals surface area contributed by atoms with Crippen LogP contribution in [-0.4, -0.2) is 40.8 Å². The summed E-state index contributed by atoms with van der Waals surface area (Å²) in [5.41, 5.74) is 0. The molecule has 1 saturated heterocycles. The van der Waals surface area contributed by atoms with Crippen molar-refractivity contribution in [2.24, 2.45) is 5.92 Å². The molecule has 0 spiro atoms. The Hall–Kier alpha value is -0.420. The summed E-state index contributed by atoms with van der Waals surface area (Å²) < 4.78 is 11.3. The van der Waals surface area contributed by atoms with E-state index in [0.717, 1.165) is 13.1 Å². The van der Waals surface area contributed by atoms with Gasteiger partial charge in [-0.2, -0.15) is 0 Å². The maximum absolute atomic E-state index is 11.3. The maximum Gasteiger partial charge on any atom is 0.232 e. The van der Waals surface area contributed by atoms with Crippen LogP contribution in [0.5, 0.6) is 0 Å². The Morgan fingerprint density at radius 1 is 1.57 bits per heavy atom. The Bertz CT molecular complexity index is 227. The fraction of sp³-hybridized carbons (Fsp3) is 0.889. The van der Waals surface area contributed by atoms with Crippen LogP contribution in [0.1, 0.15) is 13.8 Å². The van der Waals surface area contributed by atoms with E-state index in [1.54, 1.807) is 0 Å². The van der Waals surface area contributed by atoms with Gasteiger partial charge in [0.1, 0.15) is 5.75 Å². The van der Waals surface area contributed by atoms with Gasteiger partial charge in [0.2, 0.25) is 5.91 Å². The predicted molar refractivity (Wildman–Crippen MR) is 57.5 cm³/mol. The fourth-order valence-electron chi connectivity index (χ4n) is 1.10. The highest BCUT2D eigenvalue weighted by molar-refractivity contribution is 7.86. The molecule has 1 atom stereocenters. The summed E-state index contributed by atoms with van der Waals surface area (Å²) in [6.45, 7) is 6.39. The lowest BCUT2D eigenvalue weighted by atomic mass is 10.0. The highest BCUT2D eigenvalue weighted by atomic mass is 32.2. The zero-order valence-corrected chi connectivity index (χ0v) is 9.52. The summed E-state index contributed by atoms with van der Waals surface area (Å²) in [4.78, 5) is 11.3. The van der Waals surface area contributed by atoms with E-state index in [0.29, 0.717) is 12.5 Å². The Labute approximate surface area is 87.3 Å². The minimum absolute atomic E-state index is 0.0612. The van der Waals surface area contributed by atoms with Crippen molar-refractivity contribution >= 4 is 16.7 Å². The molecule has 1 heterocycles. The van der Waals surface area contributed by atoms with Gasteiger partial charge in [-0.15, -0.1) is 0 Å². The first kappa shape index (κ1) is 11.7. The Morgan fingerprint density at radius 2 is 2.21 bits per heavy atom. The van der Waals surface area contributed by atoms with Gasteiger partial charge in [0.25, 0.3) is 0 Å². The molecule has 5 heteroatoms. The van der Waals surface area contributed by atoms with Gasteiger partial charge in [-0.1, -0.05) is 13.8 Å². The number of amides is 1. The summed E-state index contributed by atoms with van der Waals surface area (Å²) in [5, 5.41) is 5.99. The van der Waals surface area contributed by atoms with Crippen molar-refractivity contribution in [2.45, 2.75) is 19.1 Å². The molecule has 0 aromatic rings. The molecule has 0 aliphatic carbocycles. The molecular weight excluding hydrogens is 200 g/mol. The number of carbonyl (C=O) groups excluding carboxylic acids is 1. The Kier molecular flexibility index (Phi) is 4.54. The molecule has 0 aromatic heterocycles. The molecule has 0 aromatic carbocycles. The van der Waals surface area contributed by atoms with Crippen LogP contribution in [0.2, 0.25) is 0 Å². The van der Waals surface area contributed by atoms with Crippen LogP contribution >= 0.6 is 0 Å². The lowest BCUT2D eigenvalue weighted by Crippen LogP contribution is -2.48. The van der Waals surface area contributed by atoms with Crippen molar-refractivity contribution in [1.82, 2.24) is 10.6 Å². The average molecular weight is 218 g/mol. The van der Waals surface area contributed by atoms with Gasteiger partial charge in [-0.05, 0) is 0 Å².